The fraction of sp³-hybridized carbons (Fsp3) is 0.375. The van der Waals surface area contributed by atoms with Crippen molar-refractivity contribution in [1.82, 2.24) is 10.3 Å². The molecule has 2 rings (SSSR count). The second kappa shape index (κ2) is 7.59. The van der Waals surface area contributed by atoms with E-state index < -0.39 is 0 Å². The average molecular weight is 287 g/mol. The van der Waals surface area contributed by atoms with Crippen molar-refractivity contribution < 1.29 is 9.53 Å². The molecule has 3 N–H and O–H groups in total. The lowest BCUT2D eigenvalue weighted by Gasteiger charge is -2.08. The lowest BCUT2D eigenvalue weighted by Crippen LogP contribution is -2.28. The van der Waals surface area contributed by atoms with Crippen molar-refractivity contribution in [2.75, 3.05) is 25.5 Å². The number of nitrogens with zero attached hydrogens (tertiary/aromatic N) is 1. The van der Waals surface area contributed by atoms with E-state index in [2.05, 4.69) is 17.2 Å². The predicted molar refractivity (Wildman–Crippen MR) is 84.2 cm³/mol. The molecule has 1 heterocycles. The van der Waals surface area contributed by atoms with Crippen LogP contribution in [0, 0.1) is 0 Å². The molecular formula is C16H21N3O2. The van der Waals surface area contributed by atoms with Gasteiger partial charge in [-0.25, -0.2) is 4.98 Å². The van der Waals surface area contributed by atoms with E-state index in [0.29, 0.717) is 24.7 Å². The molecular weight excluding hydrogens is 266 g/mol. The molecule has 0 radical (unpaired) electrons. The number of nitrogen functional groups attached to an aromatic ring is 1. The standard InChI is InChI=1S/C16H21N3O2/c1-2-3-9-21-10-8-18-16(20)14-11-12-6-4-5-7-13(12)15(17)19-14/h4-7,11H,2-3,8-10H2,1H3,(H2,17,19)(H,18,20). The molecule has 2 aromatic rings. The molecule has 1 aromatic heterocycles. The first-order chi connectivity index (χ1) is 10.2. The van der Waals surface area contributed by atoms with Gasteiger partial charge in [0.05, 0.1) is 6.61 Å². The fourth-order valence-corrected chi connectivity index (χ4v) is 2.02. The van der Waals surface area contributed by atoms with Crippen molar-refractivity contribution in [2.45, 2.75) is 19.8 Å². The number of nitrogens with one attached hydrogen (secondary N) is 1. The largest absolute Gasteiger partial charge is 0.383 e. The van der Waals surface area contributed by atoms with E-state index in [9.17, 15) is 4.79 Å². The number of aromatic nitrogens is 1. The maximum absolute atomic E-state index is 12.0. The lowest BCUT2D eigenvalue weighted by molar-refractivity contribution is 0.0908. The molecule has 1 aromatic carbocycles. The number of benzene rings is 1. The third kappa shape index (κ3) is 4.16. The molecule has 0 fully saturated rings. The summed E-state index contributed by atoms with van der Waals surface area (Å²) in [6, 6.07) is 9.36. The molecule has 0 unspecified atom stereocenters. The Morgan fingerprint density at radius 3 is 2.95 bits per heavy atom. The van der Waals surface area contributed by atoms with Crippen molar-refractivity contribution >= 4 is 22.5 Å². The van der Waals surface area contributed by atoms with Gasteiger partial charge in [-0.3, -0.25) is 4.79 Å². The third-order valence-corrected chi connectivity index (χ3v) is 3.18. The van der Waals surface area contributed by atoms with Gasteiger partial charge < -0.3 is 15.8 Å². The number of carbonyl (C=O) groups excluding carboxylic acids is 1. The second-order valence-electron chi connectivity index (χ2n) is 4.84. The summed E-state index contributed by atoms with van der Waals surface area (Å²) in [6.45, 7) is 3.82. The maximum Gasteiger partial charge on any atom is 0.270 e. The van der Waals surface area contributed by atoms with E-state index in [1.54, 1.807) is 6.07 Å². The van der Waals surface area contributed by atoms with Crippen LogP contribution in [0.1, 0.15) is 30.3 Å². The zero-order valence-corrected chi connectivity index (χ0v) is 12.3. The van der Waals surface area contributed by atoms with E-state index in [0.717, 1.165) is 30.2 Å². The Morgan fingerprint density at radius 2 is 2.14 bits per heavy atom. The Hall–Kier alpha value is -2.14. The number of ether oxygens (including phenoxy) is 1. The number of fused-ring (bicyclic) bond motifs is 1. The highest BCUT2D eigenvalue weighted by molar-refractivity contribution is 5.99. The maximum atomic E-state index is 12.0. The van der Waals surface area contributed by atoms with Crippen LogP contribution in [0.2, 0.25) is 0 Å². The van der Waals surface area contributed by atoms with Gasteiger partial charge in [0.1, 0.15) is 11.5 Å². The molecule has 1 amide bonds. The van der Waals surface area contributed by atoms with Crippen molar-refractivity contribution in [1.29, 1.82) is 0 Å². The number of nitrogens with two attached hydrogens (primary N) is 1. The van der Waals surface area contributed by atoms with Crippen LogP contribution in [0.5, 0.6) is 0 Å². The minimum Gasteiger partial charge on any atom is -0.383 e. The number of carbonyl (C=O) groups is 1. The summed E-state index contributed by atoms with van der Waals surface area (Å²) in [7, 11) is 0. The lowest BCUT2D eigenvalue weighted by atomic mass is 10.1. The van der Waals surface area contributed by atoms with Gasteiger partial charge in [0.25, 0.3) is 5.91 Å². The minimum absolute atomic E-state index is 0.230. The van der Waals surface area contributed by atoms with Gasteiger partial charge in [0.15, 0.2) is 0 Å². The number of amides is 1. The molecule has 0 saturated heterocycles. The van der Waals surface area contributed by atoms with Crippen LogP contribution in [0.3, 0.4) is 0 Å². The zero-order valence-electron chi connectivity index (χ0n) is 12.3. The first kappa shape index (κ1) is 15.3. The Bertz CT molecular complexity index is 613. The molecule has 0 bridgehead atoms. The summed E-state index contributed by atoms with van der Waals surface area (Å²) in [6.07, 6.45) is 2.14. The summed E-state index contributed by atoms with van der Waals surface area (Å²) in [5.74, 6) is 0.143. The highest BCUT2D eigenvalue weighted by Crippen LogP contribution is 2.19. The summed E-state index contributed by atoms with van der Waals surface area (Å²) < 4.78 is 5.39. The Kier molecular flexibility index (Phi) is 5.51. The summed E-state index contributed by atoms with van der Waals surface area (Å²) in [5, 5.41) is 4.56. The van der Waals surface area contributed by atoms with Gasteiger partial charge >= 0.3 is 0 Å². The summed E-state index contributed by atoms with van der Waals surface area (Å²) >= 11 is 0. The van der Waals surface area contributed by atoms with Crippen molar-refractivity contribution in [2.24, 2.45) is 0 Å². The molecule has 5 nitrogen and oxygen atoms in total. The molecule has 112 valence electrons. The number of hydrogen-bond donors (Lipinski definition) is 2. The Balaban J connectivity index is 1.93. The topological polar surface area (TPSA) is 77.2 Å². The van der Waals surface area contributed by atoms with E-state index >= 15 is 0 Å². The average Bonchev–Trinajstić information content (AvgIpc) is 2.50. The van der Waals surface area contributed by atoms with Crippen molar-refractivity contribution in [3.63, 3.8) is 0 Å². The molecule has 0 aliphatic rings. The van der Waals surface area contributed by atoms with Gasteiger partial charge in [0, 0.05) is 18.5 Å². The quantitative estimate of drug-likeness (QED) is 0.766. The Labute approximate surface area is 124 Å². The van der Waals surface area contributed by atoms with Crippen LogP contribution in [0.4, 0.5) is 5.82 Å². The Morgan fingerprint density at radius 1 is 1.33 bits per heavy atom. The van der Waals surface area contributed by atoms with Crippen LogP contribution in [-0.4, -0.2) is 30.6 Å². The second-order valence-corrected chi connectivity index (χ2v) is 4.84. The minimum atomic E-state index is -0.230. The molecule has 5 heteroatoms. The number of unbranched alkanes of at least 4 members (excludes halogenated alkanes) is 1. The summed E-state index contributed by atoms with van der Waals surface area (Å²) in [4.78, 5) is 16.2. The predicted octanol–water partition coefficient (Wildman–Crippen LogP) is 2.36. The van der Waals surface area contributed by atoms with E-state index in [1.807, 2.05) is 24.3 Å². The van der Waals surface area contributed by atoms with Crippen molar-refractivity contribution in [3.05, 3.63) is 36.0 Å². The molecule has 0 aliphatic heterocycles. The molecule has 21 heavy (non-hydrogen) atoms. The van der Waals surface area contributed by atoms with Crippen LogP contribution in [0.15, 0.2) is 30.3 Å². The first-order valence-electron chi connectivity index (χ1n) is 7.23. The van der Waals surface area contributed by atoms with Crippen LogP contribution in [-0.2, 0) is 4.74 Å². The zero-order chi connectivity index (χ0) is 15.1. The van der Waals surface area contributed by atoms with Gasteiger partial charge in [-0.2, -0.15) is 0 Å². The molecule has 0 aliphatic carbocycles. The monoisotopic (exact) mass is 287 g/mol. The third-order valence-electron chi connectivity index (χ3n) is 3.18. The number of pyridine rings is 1. The summed E-state index contributed by atoms with van der Waals surface area (Å²) in [5.41, 5.74) is 6.22. The molecule has 0 spiro atoms. The van der Waals surface area contributed by atoms with Crippen LogP contribution in [0.25, 0.3) is 10.8 Å². The van der Waals surface area contributed by atoms with Gasteiger partial charge in [0.2, 0.25) is 0 Å². The molecule has 0 atom stereocenters. The fourth-order valence-electron chi connectivity index (χ4n) is 2.02. The van der Waals surface area contributed by atoms with Crippen LogP contribution >= 0.6 is 0 Å². The normalized spacial score (nSPS) is 10.7. The van der Waals surface area contributed by atoms with E-state index in [4.69, 9.17) is 10.5 Å². The van der Waals surface area contributed by atoms with Gasteiger partial charge in [-0.1, -0.05) is 37.6 Å². The molecule has 0 saturated carbocycles. The SMILES string of the molecule is CCCCOCCNC(=O)c1cc2ccccc2c(N)n1. The van der Waals surface area contributed by atoms with Gasteiger partial charge in [-0.05, 0) is 17.9 Å². The number of anilines is 1. The smallest absolute Gasteiger partial charge is 0.270 e. The first-order valence-corrected chi connectivity index (χ1v) is 7.23. The van der Waals surface area contributed by atoms with Gasteiger partial charge in [-0.15, -0.1) is 0 Å². The van der Waals surface area contributed by atoms with Crippen LogP contribution < -0.4 is 11.1 Å². The number of hydrogen-bond acceptors (Lipinski definition) is 4. The highest BCUT2D eigenvalue weighted by atomic mass is 16.5. The van der Waals surface area contributed by atoms with Crippen molar-refractivity contribution in [3.8, 4) is 0 Å². The highest BCUT2D eigenvalue weighted by Gasteiger charge is 2.10. The number of rotatable bonds is 7. The van der Waals surface area contributed by atoms with E-state index in [1.165, 1.54) is 0 Å². The van der Waals surface area contributed by atoms with E-state index in [-0.39, 0.29) is 5.91 Å².